The first-order valence-electron chi connectivity index (χ1n) is 9.66. The molecule has 0 aliphatic rings. The van der Waals surface area contributed by atoms with E-state index in [9.17, 15) is 0 Å². The molecule has 28 heavy (non-hydrogen) atoms. The van der Waals surface area contributed by atoms with Gasteiger partial charge in [-0.15, -0.1) is 0 Å². The molecule has 1 heteroatoms. The molecule has 0 saturated heterocycles. The summed E-state index contributed by atoms with van der Waals surface area (Å²) in [5.74, 6) is 0. The van der Waals surface area contributed by atoms with Gasteiger partial charge in [-0.25, -0.2) is 0 Å². The lowest BCUT2D eigenvalue weighted by Crippen LogP contribution is -1.90. The van der Waals surface area contributed by atoms with Crippen LogP contribution in [0.15, 0.2) is 101 Å². The summed E-state index contributed by atoms with van der Waals surface area (Å²) >= 11 is 0. The maximum Gasteiger partial charge on any atom is 0.139 e. The van der Waals surface area contributed by atoms with Gasteiger partial charge in [-0.1, -0.05) is 84.9 Å². The van der Waals surface area contributed by atoms with Crippen LogP contribution in [-0.4, -0.2) is 0 Å². The normalized spacial score (nSPS) is 11.7. The van der Waals surface area contributed by atoms with E-state index in [1.807, 2.05) is 6.07 Å². The Morgan fingerprint density at radius 3 is 2.18 bits per heavy atom. The van der Waals surface area contributed by atoms with Crippen molar-refractivity contribution in [3.05, 3.63) is 108 Å². The number of rotatable bonds is 2. The molecule has 1 aromatic heterocycles. The van der Waals surface area contributed by atoms with Crippen LogP contribution in [0, 0.1) is 0 Å². The number of furan rings is 1. The fraction of sp³-hybridized carbons (Fsp3) is 0.0370. The highest BCUT2D eigenvalue weighted by molar-refractivity contribution is 6.19. The van der Waals surface area contributed by atoms with E-state index in [0.717, 1.165) is 17.6 Å². The Morgan fingerprint density at radius 1 is 0.571 bits per heavy atom. The first-order chi connectivity index (χ1) is 13.9. The summed E-state index contributed by atoms with van der Waals surface area (Å²) < 4.78 is 6.35. The average Bonchev–Trinajstić information content (AvgIpc) is 3.14. The Labute approximate surface area is 162 Å². The number of benzene rings is 5. The van der Waals surface area contributed by atoms with E-state index in [1.165, 1.54) is 43.4 Å². The number of hydrogen-bond donors (Lipinski definition) is 0. The Kier molecular flexibility index (Phi) is 3.30. The highest BCUT2D eigenvalue weighted by Gasteiger charge is 2.15. The van der Waals surface area contributed by atoms with Crippen LogP contribution in [0.25, 0.3) is 43.5 Å². The first-order valence-corrected chi connectivity index (χ1v) is 9.66. The SMILES string of the molecule is c1ccc2cc(Cc3cc4ccccc4c4c3oc3ccccc34)ccc2c1. The highest BCUT2D eigenvalue weighted by atomic mass is 16.3. The molecule has 0 radical (unpaired) electrons. The van der Waals surface area contributed by atoms with Gasteiger partial charge in [0.1, 0.15) is 11.2 Å². The van der Waals surface area contributed by atoms with Crippen LogP contribution in [0.5, 0.6) is 0 Å². The third-order valence-corrected chi connectivity index (χ3v) is 5.66. The van der Waals surface area contributed by atoms with Crippen molar-refractivity contribution in [2.24, 2.45) is 0 Å². The van der Waals surface area contributed by atoms with Gasteiger partial charge in [-0.2, -0.15) is 0 Å². The van der Waals surface area contributed by atoms with Gasteiger partial charge in [0.25, 0.3) is 0 Å². The molecule has 0 fully saturated rings. The Balaban J connectivity index is 1.62. The van der Waals surface area contributed by atoms with Crippen LogP contribution in [0.3, 0.4) is 0 Å². The molecule has 0 spiro atoms. The summed E-state index contributed by atoms with van der Waals surface area (Å²) in [6.07, 6.45) is 0.853. The zero-order valence-corrected chi connectivity index (χ0v) is 15.4. The number of para-hydroxylation sites is 1. The second kappa shape index (κ2) is 5.97. The van der Waals surface area contributed by atoms with Crippen molar-refractivity contribution in [1.29, 1.82) is 0 Å². The zero-order valence-electron chi connectivity index (χ0n) is 15.4. The maximum atomic E-state index is 6.35. The van der Waals surface area contributed by atoms with E-state index in [-0.39, 0.29) is 0 Å². The van der Waals surface area contributed by atoms with Gasteiger partial charge in [0.05, 0.1) is 0 Å². The minimum Gasteiger partial charge on any atom is -0.456 e. The minimum atomic E-state index is 0.853. The summed E-state index contributed by atoms with van der Waals surface area (Å²) in [7, 11) is 0. The van der Waals surface area contributed by atoms with Crippen molar-refractivity contribution in [2.75, 3.05) is 0 Å². The molecular formula is C27H18O. The summed E-state index contributed by atoms with van der Waals surface area (Å²) in [5.41, 5.74) is 4.50. The Hall–Kier alpha value is -3.58. The molecule has 0 N–H and O–H groups in total. The van der Waals surface area contributed by atoms with E-state index >= 15 is 0 Å². The van der Waals surface area contributed by atoms with Crippen molar-refractivity contribution in [3.8, 4) is 0 Å². The lowest BCUT2D eigenvalue weighted by Gasteiger charge is -2.08. The Bertz CT molecular complexity index is 1490. The molecule has 132 valence electrons. The third kappa shape index (κ3) is 2.33. The summed E-state index contributed by atoms with van der Waals surface area (Å²) in [5, 5.41) is 7.49. The molecule has 0 atom stereocenters. The Morgan fingerprint density at radius 2 is 1.29 bits per heavy atom. The van der Waals surface area contributed by atoms with Gasteiger partial charge < -0.3 is 4.42 Å². The molecule has 6 rings (SSSR count). The number of fused-ring (bicyclic) bond motifs is 6. The zero-order chi connectivity index (χ0) is 18.5. The van der Waals surface area contributed by atoms with Gasteiger partial charge in [0.15, 0.2) is 0 Å². The maximum absolute atomic E-state index is 6.35. The van der Waals surface area contributed by atoms with Crippen LogP contribution in [0.1, 0.15) is 11.1 Å². The van der Waals surface area contributed by atoms with Gasteiger partial charge in [-0.3, -0.25) is 0 Å². The van der Waals surface area contributed by atoms with Crippen LogP contribution < -0.4 is 0 Å². The van der Waals surface area contributed by atoms with Crippen LogP contribution in [0.4, 0.5) is 0 Å². The fourth-order valence-corrected chi connectivity index (χ4v) is 4.34. The molecule has 1 heterocycles. The topological polar surface area (TPSA) is 13.1 Å². The molecule has 0 bridgehead atoms. The third-order valence-electron chi connectivity index (χ3n) is 5.66. The predicted octanol–water partition coefficient (Wildman–Crippen LogP) is 7.48. The standard InChI is InChI=1S/C27H18O/c1-2-8-20-15-18(13-14-19(20)7-1)16-22-17-21-9-3-4-10-23(21)26-24-11-5-6-12-25(24)28-27(22)26/h1-15,17H,16H2. The number of hydrogen-bond acceptors (Lipinski definition) is 1. The van der Waals surface area contributed by atoms with Crippen LogP contribution >= 0.6 is 0 Å². The van der Waals surface area contributed by atoms with Gasteiger partial charge >= 0.3 is 0 Å². The van der Waals surface area contributed by atoms with Gasteiger partial charge in [-0.05, 0) is 39.2 Å². The van der Waals surface area contributed by atoms with E-state index in [1.54, 1.807) is 0 Å². The van der Waals surface area contributed by atoms with Crippen LogP contribution in [0.2, 0.25) is 0 Å². The second-order valence-electron chi connectivity index (χ2n) is 7.42. The molecule has 0 amide bonds. The van der Waals surface area contributed by atoms with E-state index in [0.29, 0.717) is 0 Å². The van der Waals surface area contributed by atoms with Gasteiger partial charge in [0, 0.05) is 22.8 Å². The summed E-state index contributed by atoms with van der Waals surface area (Å²) in [6, 6.07) is 34.5. The van der Waals surface area contributed by atoms with Crippen LogP contribution in [-0.2, 0) is 6.42 Å². The van der Waals surface area contributed by atoms with E-state index in [4.69, 9.17) is 4.42 Å². The van der Waals surface area contributed by atoms with Crippen molar-refractivity contribution >= 4 is 43.5 Å². The fourth-order valence-electron chi connectivity index (χ4n) is 4.34. The second-order valence-corrected chi connectivity index (χ2v) is 7.42. The van der Waals surface area contributed by atoms with Crippen molar-refractivity contribution in [2.45, 2.75) is 6.42 Å². The smallest absolute Gasteiger partial charge is 0.139 e. The average molecular weight is 358 g/mol. The molecule has 0 unspecified atom stereocenters. The van der Waals surface area contributed by atoms with Crippen molar-refractivity contribution < 1.29 is 4.42 Å². The predicted molar refractivity (Wildman–Crippen MR) is 118 cm³/mol. The van der Waals surface area contributed by atoms with Crippen molar-refractivity contribution in [1.82, 2.24) is 0 Å². The van der Waals surface area contributed by atoms with Gasteiger partial charge in [0.2, 0.25) is 0 Å². The van der Waals surface area contributed by atoms with E-state index in [2.05, 4.69) is 91.0 Å². The highest BCUT2D eigenvalue weighted by Crippen LogP contribution is 2.37. The summed E-state index contributed by atoms with van der Waals surface area (Å²) in [6.45, 7) is 0. The molecule has 5 aromatic carbocycles. The molecule has 0 saturated carbocycles. The first kappa shape index (κ1) is 15.5. The van der Waals surface area contributed by atoms with Crippen molar-refractivity contribution in [3.63, 3.8) is 0 Å². The minimum absolute atomic E-state index is 0.853. The molecule has 1 nitrogen and oxygen atoms in total. The molecular weight excluding hydrogens is 340 g/mol. The quantitative estimate of drug-likeness (QED) is 0.313. The lowest BCUT2D eigenvalue weighted by atomic mass is 9.96. The lowest BCUT2D eigenvalue weighted by molar-refractivity contribution is 0.664. The molecule has 0 aliphatic heterocycles. The molecule has 0 aliphatic carbocycles. The van der Waals surface area contributed by atoms with E-state index < -0.39 is 0 Å². The molecule has 6 aromatic rings. The monoisotopic (exact) mass is 358 g/mol. The largest absolute Gasteiger partial charge is 0.456 e. The summed E-state index contributed by atoms with van der Waals surface area (Å²) in [4.78, 5) is 0.